The summed E-state index contributed by atoms with van der Waals surface area (Å²) in [5, 5.41) is 2.99. The zero-order valence-corrected chi connectivity index (χ0v) is 10.7. The van der Waals surface area contributed by atoms with Crippen LogP contribution in [0.25, 0.3) is 0 Å². The first-order chi connectivity index (χ1) is 7.91. The van der Waals surface area contributed by atoms with E-state index in [1.807, 2.05) is 13.8 Å². The molecule has 0 aromatic heterocycles. The summed E-state index contributed by atoms with van der Waals surface area (Å²) < 4.78 is 32.1. The highest BCUT2D eigenvalue weighted by atomic mass is 19.2. The highest BCUT2D eigenvalue weighted by Crippen LogP contribution is 2.28. The summed E-state index contributed by atoms with van der Waals surface area (Å²) in [6.07, 6.45) is 0.556. The summed E-state index contributed by atoms with van der Waals surface area (Å²) in [4.78, 5) is 0. The largest absolute Gasteiger partial charge is 0.379 e. The molecule has 0 aliphatic carbocycles. The fourth-order valence-corrected chi connectivity index (χ4v) is 1.73. The van der Waals surface area contributed by atoms with Crippen molar-refractivity contribution < 1.29 is 13.5 Å². The molecule has 4 heteroatoms. The molecule has 17 heavy (non-hydrogen) atoms. The fourth-order valence-electron chi connectivity index (χ4n) is 1.73. The number of rotatable bonds is 5. The smallest absolute Gasteiger partial charge is 0.163 e. The Morgan fingerprint density at radius 3 is 2.53 bits per heavy atom. The highest BCUT2D eigenvalue weighted by molar-refractivity contribution is 5.22. The molecule has 96 valence electrons. The van der Waals surface area contributed by atoms with Crippen molar-refractivity contribution in [2.75, 3.05) is 14.2 Å². The molecule has 2 nitrogen and oxygen atoms in total. The van der Waals surface area contributed by atoms with Crippen LogP contribution in [0.3, 0.4) is 0 Å². The van der Waals surface area contributed by atoms with Gasteiger partial charge in [0.25, 0.3) is 0 Å². The van der Waals surface area contributed by atoms with Gasteiger partial charge in [-0.2, -0.15) is 0 Å². The van der Waals surface area contributed by atoms with Crippen LogP contribution in [-0.4, -0.2) is 19.8 Å². The molecule has 1 aromatic carbocycles. The lowest BCUT2D eigenvalue weighted by atomic mass is 9.93. The summed E-state index contributed by atoms with van der Waals surface area (Å²) in [5.74, 6) is -1.61. The van der Waals surface area contributed by atoms with E-state index in [4.69, 9.17) is 4.74 Å². The molecule has 1 unspecified atom stereocenters. The molecule has 1 N–H and O–H groups in total. The van der Waals surface area contributed by atoms with Crippen LogP contribution in [0.4, 0.5) is 8.78 Å². The minimum Gasteiger partial charge on any atom is -0.379 e. The van der Waals surface area contributed by atoms with Crippen LogP contribution in [0.1, 0.15) is 31.9 Å². The summed E-state index contributed by atoms with van der Waals surface area (Å²) >= 11 is 0. The zero-order valence-electron chi connectivity index (χ0n) is 10.7. The molecule has 0 saturated carbocycles. The maximum atomic E-state index is 13.7. The van der Waals surface area contributed by atoms with Crippen LogP contribution in [-0.2, 0) is 4.74 Å². The summed E-state index contributed by atoms with van der Waals surface area (Å²) in [6.45, 7) is 3.82. The Morgan fingerprint density at radius 2 is 2.00 bits per heavy atom. The third-order valence-electron chi connectivity index (χ3n) is 2.95. The Balaban J connectivity index is 2.98. The summed E-state index contributed by atoms with van der Waals surface area (Å²) in [5.41, 5.74) is -0.0653. The van der Waals surface area contributed by atoms with Gasteiger partial charge in [-0.3, -0.25) is 0 Å². The van der Waals surface area contributed by atoms with Crippen LogP contribution in [0.2, 0.25) is 0 Å². The van der Waals surface area contributed by atoms with E-state index in [-0.39, 0.29) is 6.04 Å². The molecule has 0 bridgehead atoms. The van der Waals surface area contributed by atoms with Gasteiger partial charge in [0, 0.05) is 18.7 Å². The molecule has 1 aromatic rings. The Bertz CT molecular complexity index is 380. The maximum absolute atomic E-state index is 13.7. The van der Waals surface area contributed by atoms with Crippen LogP contribution < -0.4 is 5.32 Å². The van der Waals surface area contributed by atoms with Gasteiger partial charge in [-0.25, -0.2) is 8.78 Å². The molecule has 0 radical (unpaired) electrons. The van der Waals surface area contributed by atoms with Gasteiger partial charge in [-0.1, -0.05) is 12.1 Å². The van der Waals surface area contributed by atoms with Crippen molar-refractivity contribution in [2.24, 2.45) is 0 Å². The Hall–Kier alpha value is -1.00. The molecular weight excluding hydrogens is 224 g/mol. The second-order valence-corrected chi connectivity index (χ2v) is 4.65. The Morgan fingerprint density at radius 1 is 1.35 bits per heavy atom. The quantitative estimate of drug-likeness (QED) is 0.858. The van der Waals surface area contributed by atoms with Gasteiger partial charge < -0.3 is 10.1 Å². The van der Waals surface area contributed by atoms with Gasteiger partial charge in [0.2, 0.25) is 0 Å². The third-order valence-corrected chi connectivity index (χ3v) is 2.95. The molecule has 0 aliphatic heterocycles. The van der Waals surface area contributed by atoms with Gasteiger partial charge in [-0.15, -0.1) is 0 Å². The van der Waals surface area contributed by atoms with Crippen molar-refractivity contribution in [3.63, 3.8) is 0 Å². The SMILES string of the molecule is CNC(CC(C)(C)OC)c1cccc(F)c1F. The van der Waals surface area contributed by atoms with E-state index >= 15 is 0 Å². The lowest BCUT2D eigenvalue weighted by molar-refractivity contribution is 0.00714. The molecule has 1 atom stereocenters. The monoisotopic (exact) mass is 243 g/mol. The summed E-state index contributed by atoms with van der Waals surface area (Å²) in [7, 11) is 3.33. The van der Waals surface area contributed by atoms with Crippen LogP contribution in [0.15, 0.2) is 18.2 Å². The number of methoxy groups -OCH3 is 1. The van der Waals surface area contributed by atoms with E-state index in [1.54, 1.807) is 20.2 Å². The average molecular weight is 243 g/mol. The highest BCUT2D eigenvalue weighted by Gasteiger charge is 2.25. The van der Waals surface area contributed by atoms with E-state index in [0.29, 0.717) is 12.0 Å². The van der Waals surface area contributed by atoms with E-state index in [0.717, 1.165) is 6.07 Å². The predicted octanol–water partition coefficient (Wildman–Crippen LogP) is 3.04. The number of nitrogens with one attached hydrogen (secondary N) is 1. The molecule has 0 amide bonds. The van der Waals surface area contributed by atoms with Gasteiger partial charge in [-0.05, 0) is 33.4 Å². The second-order valence-electron chi connectivity index (χ2n) is 4.65. The molecule has 0 heterocycles. The maximum Gasteiger partial charge on any atom is 0.163 e. The van der Waals surface area contributed by atoms with Crippen molar-refractivity contribution in [1.29, 1.82) is 0 Å². The standard InChI is InChI=1S/C13H19F2NO/c1-13(2,17-4)8-11(16-3)9-6-5-7-10(14)12(9)15/h5-7,11,16H,8H2,1-4H3. The average Bonchev–Trinajstić information content (AvgIpc) is 2.30. The lowest BCUT2D eigenvalue weighted by Crippen LogP contribution is -2.31. The topological polar surface area (TPSA) is 21.3 Å². The minimum absolute atomic E-state index is 0.277. The van der Waals surface area contributed by atoms with Gasteiger partial charge in [0.1, 0.15) is 0 Å². The number of benzene rings is 1. The van der Waals surface area contributed by atoms with Crippen LogP contribution in [0, 0.1) is 11.6 Å². The number of hydrogen-bond acceptors (Lipinski definition) is 2. The first-order valence-corrected chi connectivity index (χ1v) is 5.57. The zero-order chi connectivity index (χ0) is 13.1. The van der Waals surface area contributed by atoms with Crippen LogP contribution in [0.5, 0.6) is 0 Å². The predicted molar refractivity (Wildman–Crippen MR) is 63.9 cm³/mol. The van der Waals surface area contributed by atoms with E-state index < -0.39 is 17.2 Å². The number of ether oxygens (including phenoxy) is 1. The summed E-state index contributed by atoms with van der Waals surface area (Å²) in [6, 6.07) is 3.94. The van der Waals surface area contributed by atoms with Crippen molar-refractivity contribution in [3.05, 3.63) is 35.4 Å². The molecule has 0 spiro atoms. The molecule has 0 saturated heterocycles. The van der Waals surface area contributed by atoms with E-state index in [2.05, 4.69) is 5.32 Å². The molecular formula is C13H19F2NO. The van der Waals surface area contributed by atoms with E-state index in [9.17, 15) is 8.78 Å². The molecule has 0 fully saturated rings. The van der Waals surface area contributed by atoms with Crippen molar-refractivity contribution >= 4 is 0 Å². The van der Waals surface area contributed by atoms with Gasteiger partial charge in [0.05, 0.1) is 5.60 Å². The minimum atomic E-state index is -0.821. The fraction of sp³-hybridized carbons (Fsp3) is 0.538. The lowest BCUT2D eigenvalue weighted by Gasteiger charge is -2.28. The third kappa shape index (κ3) is 3.48. The first-order valence-electron chi connectivity index (χ1n) is 5.57. The second kappa shape index (κ2) is 5.56. The molecule has 0 aliphatic rings. The normalized spacial score (nSPS) is 13.8. The molecule has 1 rings (SSSR count). The first kappa shape index (κ1) is 14.1. The van der Waals surface area contributed by atoms with Gasteiger partial charge >= 0.3 is 0 Å². The van der Waals surface area contributed by atoms with Crippen molar-refractivity contribution in [3.8, 4) is 0 Å². The number of hydrogen-bond donors (Lipinski definition) is 1. The van der Waals surface area contributed by atoms with Gasteiger partial charge in [0.15, 0.2) is 11.6 Å². The number of halogens is 2. The van der Waals surface area contributed by atoms with E-state index in [1.165, 1.54) is 6.07 Å². The van der Waals surface area contributed by atoms with Crippen LogP contribution >= 0.6 is 0 Å². The van der Waals surface area contributed by atoms with Crippen molar-refractivity contribution in [2.45, 2.75) is 31.9 Å². The van der Waals surface area contributed by atoms with Crippen molar-refractivity contribution in [1.82, 2.24) is 5.32 Å². The Kier molecular flexibility index (Phi) is 4.60. The Labute approximate surface area is 101 Å².